The van der Waals surface area contributed by atoms with Crippen LogP contribution in [0, 0.1) is 6.92 Å². The molecule has 126 valence electrons. The molecule has 2 heterocycles. The molecule has 3 aromatic rings. The van der Waals surface area contributed by atoms with E-state index in [-0.39, 0.29) is 6.29 Å². The molecule has 0 fully saturated rings. The van der Waals surface area contributed by atoms with Crippen LogP contribution in [0.1, 0.15) is 5.69 Å². The van der Waals surface area contributed by atoms with E-state index in [0.29, 0.717) is 17.4 Å². The van der Waals surface area contributed by atoms with Crippen molar-refractivity contribution in [3.63, 3.8) is 0 Å². The van der Waals surface area contributed by atoms with Gasteiger partial charge in [-0.15, -0.1) is 0 Å². The minimum absolute atomic E-state index is 0.357. The topological polar surface area (TPSA) is 72.1 Å². The fourth-order valence-corrected chi connectivity index (χ4v) is 2.67. The minimum atomic E-state index is -0.357. The molecule has 0 saturated carbocycles. The summed E-state index contributed by atoms with van der Waals surface area (Å²) in [5, 5.41) is 4.84. The van der Waals surface area contributed by atoms with Gasteiger partial charge in [0.05, 0.1) is 11.9 Å². The van der Waals surface area contributed by atoms with Crippen molar-refractivity contribution in [2.24, 2.45) is 0 Å². The van der Waals surface area contributed by atoms with E-state index in [1.165, 1.54) is 0 Å². The Morgan fingerprint density at radius 3 is 2.71 bits per heavy atom. The number of methoxy groups -OCH3 is 2. The average molecular weight is 347 g/mol. The third-order valence-electron chi connectivity index (χ3n) is 3.67. The second-order valence-corrected chi connectivity index (χ2v) is 5.84. The summed E-state index contributed by atoms with van der Waals surface area (Å²) in [6.07, 6.45) is -0.357. The monoisotopic (exact) mass is 346 g/mol. The number of halogens is 1. The van der Waals surface area contributed by atoms with Gasteiger partial charge in [-0.1, -0.05) is 23.7 Å². The summed E-state index contributed by atoms with van der Waals surface area (Å²) in [4.78, 5) is 12.5. The van der Waals surface area contributed by atoms with Gasteiger partial charge in [-0.3, -0.25) is 0 Å². The molecule has 3 rings (SSSR count). The van der Waals surface area contributed by atoms with Crippen LogP contribution < -0.4 is 5.32 Å². The Balaban J connectivity index is 2.02. The molecule has 0 aliphatic rings. The Kier molecular flexibility index (Phi) is 4.99. The normalized spacial score (nSPS) is 11.4. The van der Waals surface area contributed by atoms with Gasteiger partial charge in [0, 0.05) is 30.5 Å². The van der Waals surface area contributed by atoms with E-state index in [0.717, 1.165) is 28.1 Å². The summed E-state index contributed by atoms with van der Waals surface area (Å²) in [6.45, 7) is 2.45. The first-order chi connectivity index (χ1) is 11.6. The lowest BCUT2D eigenvalue weighted by Crippen LogP contribution is -2.24. The summed E-state index contributed by atoms with van der Waals surface area (Å²) < 4.78 is 10.4. The summed E-state index contributed by atoms with van der Waals surface area (Å²) in [5.41, 5.74) is 2.64. The summed E-state index contributed by atoms with van der Waals surface area (Å²) >= 11 is 6.09. The van der Waals surface area contributed by atoms with Gasteiger partial charge in [0.1, 0.15) is 11.5 Å². The fourth-order valence-electron chi connectivity index (χ4n) is 2.48. The van der Waals surface area contributed by atoms with Crippen LogP contribution in [0.15, 0.2) is 30.3 Å². The van der Waals surface area contributed by atoms with Crippen LogP contribution in [0.25, 0.3) is 22.4 Å². The number of aromatic amines is 1. The zero-order chi connectivity index (χ0) is 17.1. The Labute approximate surface area is 145 Å². The molecule has 0 atom stereocenters. The molecule has 0 aliphatic carbocycles. The average Bonchev–Trinajstić information content (AvgIpc) is 2.96. The molecule has 0 aliphatic heterocycles. The molecular weight excluding hydrogens is 328 g/mol. The third-order valence-corrected chi connectivity index (χ3v) is 3.90. The van der Waals surface area contributed by atoms with Gasteiger partial charge in [-0.25, -0.2) is 9.97 Å². The van der Waals surface area contributed by atoms with Crippen molar-refractivity contribution in [1.29, 1.82) is 0 Å². The van der Waals surface area contributed by atoms with E-state index in [2.05, 4.69) is 20.3 Å². The van der Waals surface area contributed by atoms with Gasteiger partial charge in [0.15, 0.2) is 12.1 Å². The van der Waals surface area contributed by atoms with Crippen molar-refractivity contribution in [2.75, 3.05) is 26.1 Å². The maximum absolute atomic E-state index is 6.09. The van der Waals surface area contributed by atoms with E-state index >= 15 is 0 Å². The standard InChI is InChI=1S/C17H19ClN4O2/c1-10-7-13-16(19-9-14(23-2)24-3)21-15(22-17(13)20-10)11-5-4-6-12(18)8-11/h4-8,14H,9H2,1-3H3,(H2,19,20,21,22). The summed E-state index contributed by atoms with van der Waals surface area (Å²) in [5.74, 6) is 1.32. The molecule has 2 N–H and O–H groups in total. The fraction of sp³-hybridized carbons (Fsp3) is 0.294. The molecule has 2 aromatic heterocycles. The molecule has 7 heteroatoms. The van der Waals surface area contributed by atoms with Crippen LogP contribution in [-0.2, 0) is 9.47 Å². The predicted octanol–water partition coefficient (Wildman–Crippen LogP) is 3.62. The lowest BCUT2D eigenvalue weighted by Gasteiger charge is -2.15. The number of nitrogens with one attached hydrogen (secondary N) is 2. The van der Waals surface area contributed by atoms with Crippen molar-refractivity contribution >= 4 is 28.5 Å². The smallest absolute Gasteiger partial charge is 0.173 e. The molecule has 0 spiro atoms. The molecule has 24 heavy (non-hydrogen) atoms. The molecule has 6 nitrogen and oxygen atoms in total. The second kappa shape index (κ2) is 7.17. The highest BCUT2D eigenvalue weighted by molar-refractivity contribution is 6.30. The van der Waals surface area contributed by atoms with Gasteiger partial charge >= 0.3 is 0 Å². The maximum Gasteiger partial charge on any atom is 0.173 e. The van der Waals surface area contributed by atoms with Gasteiger partial charge in [-0.05, 0) is 25.1 Å². The van der Waals surface area contributed by atoms with E-state index in [1.54, 1.807) is 14.2 Å². The van der Waals surface area contributed by atoms with Crippen molar-refractivity contribution in [2.45, 2.75) is 13.2 Å². The number of aromatic nitrogens is 3. The molecule has 0 radical (unpaired) electrons. The predicted molar refractivity (Wildman–Crippen MR) is 95.4 cm³/mol. The zero-order valence-corrected chi connectivity index (χ0v) is 14.5. The summed E-state index contributed by atoms with van der Waals surface area (Å²) in [6, 6.07) is 9.48. The maximum atomic E-state index is 6.09. The third kappa shape index (κ3) is 3.51. The number of H-pyrrole nitrogens is 1. The second-order valence-electron chi connectivity index (χ2n) is 5.40. The minimum Gasteiger partial charge on any atom is -0.364 e. The van der Waals surface area contributed by atoms with Gasteiger partial charge in [-0.2, -0.15) is 0 Å². The first kappa shape index (κ1) is 16.7. The zero-order valence-electron chi connectivity index (χ0n) is 13.8. The number of fused-ring (bicyclic) bond motifs is 1. The van der Waals surface area contributed by atoms with Crippen molar-refractivity contribution in [3.8, 4) is 11.4 Å². The lowest BCUT2D eigenvalue weighted by atomic mass is 10.2. The van der Waals surface area contributed by atoms with Crippen LogP contribution in [0.4, 0.5) is 5.82 Å². The number of benzene rings is 1. The highest BCUT2D eigenvalue weighted by atomic mass is 35.5. The molecule has 1 aromatic carbocycles. The van der Waals surface area contributed by atoms with Crippen molar-refractivity contribution < 1.29 is 9.47 Å². The number of hydrogen-bond donors (Lipinski definition) is 2. The van der Waals surface area contributed by atoms with E-state index in [4.69, 9.17) is 21.1 Å². The molecule has 0 saturated heterocycles. The number of rotatable bonds is 6. The first-order valence-electron chi connectivity index (χ1n) is 7.53. The number of hydrogen-bond acceptors (Lipinski definition) is 5. The van der Waals surface area contributed by atoms with E-state index in [9.17, 15) is 0 Å². The largest absolute Gasteiger partial charge is 0.364 e. The highest BCUT2D eigenvalue weighted by Crippen LogP contribution is 2.26. The van der Waals surface area contributed by atoms with Crippen LogP contribution in [0.5, 0.6) is 0 Å². The number of anilines is 1. The van der Waals surface area contributed by atoms with Gasteiger partial charge in [0.2, 0.25) is 0 Å². The molecule has 0 bridgehead atoms. The van der Waals surface area contributed by atoms with Crippen LogP contribution in [0.3, 0.4) is 0 Å². The Bertz CT molecular complexity index is 846. The lowest BCUT2D eigenvalue weighted by molar-refractivity contribution is -0.0914. The molecule has 0 amide bonds. The number of ether oxygens (including phenoxy) is 2. The Hall–Kier alpha value is -2.15. The number of nitrogens with zero attached hydrogens (tertiary/aromatic N) is 2. The highest BCUT2D eigenvalue weighted by Gasteiger charge is 2.13. The van der Waals surface area contributed by atoms with E-state index in [1.807, 2.05) is 37.3 Å². The number of aryl methyl sites for hydroxylation is 1. The summed E-state index contributed by atoms with van der Waals surface area (Å²) in [7, 11) is 3.20. The van der Waals surface area contributed by atoms with E-state index < -0.39 is 0 Å². The SMILES string of the molecule is COC(CNc1nc(-c2cccc(Cl)c2)nc2[nH]c(C)cc12)OC. The van der Waals surface area contributed by atoms with Crippen LogP contribution in [-0.4, -0.2) is 42.0 Å². The van der Waals surface area contributed by atoms with Gasteiger partial charge < -0.3 is 19.8 Å². The van der Waals surface area contributed by atoms with Crippen LogP contribution in [0.2, 0.25) is 5.02 Å². The molecular formula is C17H19ClN4O2. The first-order valence-corrected chi connectivity index (χ1v) is 7.91. The van der Waals surface area contributed by atoms with Crippen molar-refractivity contribution in [3.05, 3.63) is 41.0 Å². The van der Waals surface area contributed by atoms with Gasteiger partial charge in [0.25, 0.3) is 0 Å². The Morgan fingerprint density at radius 2 is 2.00 bits per heavy atom. The quantitative estimate of drug-likeness (QED) is 0.667. The van der Waals surface area contributed by atoms with Crippen LogP contribution >= 0.6 is 11.6 Å². The Morgan fingerprint density at radius 1 is 1.21 bits per heavy atom. The molecule has 0 unspecified atom stereocenters. The van der Waals surface area contributed by atoms with Crippen molar-refractivity contribution in [1.82, 2.24) is 15.0 Å².